The number of imidazole rings is 1. The van der Waals surface area contributed by atoms with Crippen molar-refractivity contribution >= 4 is 5.91 Å². The summed E-state index contributed by atoms with van der Waals surface area (Å²) in [6.07, 6.45) is 5.78. The fourth-order valence-corrected chi connectivity index (χ4v) is 3.41. The first-order chi connectivity index (χ1) is 11.8. The minimum absolute atomic E-state index is 0.0912. The number of rotatable bonds is 4. The van der Waals surface area contributed by atoms with Gasteiger partial charge in [-0.3, -0.25) is 9.69 Å². The maximum absolute atomic E-state index is 12.4. The van der Waals surface area contributed by atoms with E-state index in [9.17, 15) is 4.79 Å². The molecule has 7 heteroatoms. The maximum Gasteiger partial charge on any atom is 0.272 e. The predicted molar refractivity (Wildman–Crippen MR) is 95.0 cm³/mol. The van der Waals surface area contributed by atoms with Crippen molar-refractivity contribution < 1.29 is 4.79 Å². The standard InChI is InChI=1S/C18H26N6O/c1-13-9-15(16(25)22(3)4)21-17(20-13)18(2)7-6-8-24(18)11-14-10-19-12-23(14)5/h9-10,12H,6-8,11H2,1-5H3. The Morgan fingerprint density at radius 2 is 2.12 bits per heavy atom. The van der Waals surface area contributed by atoms with Crippen LogP contribution in [0.5, 0.6) is 0 Å². The normalized spacial score (nSPS) is 20.8. The smallest absolute Gasteiger partial charge is 0.272 e. The highest BCUT2D eigenvalue weighted by molar-refractivity contribution is 5.92. The summed E-state index contributed by atoms with van der Waals surface area (Å²) in [6.45, 7) is 5.87. The molecule has 1 fully saturated rings. The zero-order chi connectivity index (χ0) is 18.2. The highest BCUT2D eigenvalue weighted by Gasteiger charge is 2.41. The highest BCUT2D eigenvalue weighted by atomic mass is 16.2. The van der Waals surface area contributed by atoms with Crippen LogP contribution in [0.15, 0.2) is 18.6 Å². The molecule has 0 aromatic carbocycles. The molecule has 1 unspecified atom stereocenters. The van der Waals surface area contributed by atoms with Crippen LogP contribution >= 0.6 is 0 Å². The second kappa shape index (κ2) is 6.55. The number of likely N-dealkylation sites (tertiary alicyclic amines) is 1. The molecule has 2 aromatic rings. The van der Waals surface area contributed by atoms with E-state index in [-0.39, 0.29) is 11.4 Å². The Kier molecular flexibility index (Phi) is 4.60. The van der Waals surface area contributed by atoms with Gasteiger partial charge in [0.15, 0.2) is 0 Å². The number of aryl methyl sites for hydroxylation is 2. The van der Waals surface area contributed by atoms with Crippen LogP contribution in [-0.4, -0.2) is 55.9 Å². The third-order valence-corrected chi connectivity index (χ3v) is 5.02. The number of aromatic nitrogens is 4. The van der Waals surface area contributed by atoms with Crippen molar-refractivity contribution in [2.45, 2.75) is 38.8 Å². The van der Waals surface area contributed by atoms with Crippen LogP contribution in [0.3, 0.4) is 0 Å². The van der Waals surface area contributed by atoms with Crippen LogP contribution in [-0.2, 0) is 19.1 Å². The van der Waals surface area contributed by atoms with E-state index >= 15 is 0 Å². The minimum Gasteiger partial charge on any atom is -0.343 e. The van der Waals surface area contributed by atoms with Gasteiger partial charge in [-0.25, -0.2) is 15.0 Å². The predicted octanol–water partition coefficient (Wildman–Crippen LogP) is 1.73. The van der Waals surface area contributed by atoms with Crippen LogP contribution in [0.1, 0.15) is 47.5 Å². The molecular weight excluding hydrogens is 316 g/mol. The topological polar surface area (TPSA) is 67.2 Å². The summed E-state index contributed by atoms with van der Waals surface area (Å²) < 4.78 is 2.04. The SMILES string of the molecule is Cc1cc(C(=O)N(C)C)nc(C2(C)CCCN2Cc2cncn2C)n1. The summed E-state index contributed by atoms with van der Waals surface area (Å²) in [5, 5.41) is 0. The quantitative estimate of drug-likeness (QED) is 0.846. The van der Waals surface area contributed by atoms with Gasteiger partial charge in [-0.2, -0.15) is 0 Å². The van der Waals surface area contributed by atoms with Gasteiger partial charge in [-0.1, -0.05) is 0 Å². The van der Waals surface area contributed by atoms with E-state index in [4.69, 9.17) is 0 Å². The lowest BCUT2D eigenvalue weighted by atomic mass is 9.97. The molecule has 3 rings (SSSR count). The van der Waals surface area contributed by atoms with Gasteiger partial charge in [-0.15, -0.1) is 0 Å². The number of amides is 1. The molecule has 1 saturated heterocycles. The van der Waals surface area contributed by atoms with E-state index in [0.717, 1.165) is 43.1 Å². The van der Waals surface area contributed by atoms with Gasteiger partial charge in [0.1, 0.15) is 11.5 Å². The van der Waals surface area contributed by atoms with Gasteiger partial charge in [0.2, 0.25) is 0 Å². The summed E-state index contributed by atoms with van der Waals surface area (Å²) in [5.74, 6) is 0.642. The molecule has 25 heavy (non-hydrogen) atoms. The van der Waals surface area contributed by atoms with Crippen LogP contribution in [0.25, 0.3) is 0 Å². The van der Waals surface area contributed by atoms with Gasteiger partial charge in [0, 0.05) is 39.6 Å². The van der Waals surface area contributed by atoms with Gasteiger partial charge in [0.25, 0.3) is 5.91 Å². The molecule has 1 aliphatic rings. The van der Waals surface area contributed by atoms with E-state index < -0.39 is 0 Å². The van der Waals surface area contributed by atoms with E-state index in [1.807, 2.05) is 31.1 Å². The van der Waals surface area contributed by atoms with Gasteiger partial charge in [0.05, 0.1) is 17.6 Å². The lowest BCUT2D eigenvalue weighted by Gasteiger charge is -2.34. The maximum atomic E-state index is 12.4. The summed E-state index contributed by atoms with van der Waals surface area (Å²) in [4.78, 5) is 29.8. The van der Waals surface area contributed by atoms with Gasteiger partial charge >= 0.3 is 0 Å². The lowest BCUT2D eigenvalue weighted by molar-refractivity contribution is 0.0818. The fourth-order valence-electron chi connectivity index (χ4n) is 3.41. The fraction of sp³-hybridized carbons (Fsp3) is 0.556. The average Bonchev–Trinajstić information content (AvgIpc) is 3.14. The highest BCUT2D eigenvalue weighted by Crippen LogP contribution is 2.37. The molecule has 7 nitrogen and oxygen atoms in total. The number of carbonyl (C=O) groups is 1. The van der Waals surface area contributed by atoms with Crippen LogP contribution in [0.4, 0.5) is 0 Å². The molecule has 1 atom stereocenters. The van der Waals surface area contributed by atoms with E-state index in [0.29, 0.717) is 5.69 Å². The third-order valence-electron chi connectivity index (χ3n) is 5.02. The zero-order valence-electron chi connectivity index (χ0n) is 15.7. The van der Waals surface area contributed by atoms with Crippen LogP contribution < -0.4 is 0 Å². The summed E-state index contributed by atoms with van der Waals surface area (Å²) in [5.41, 5.74) is 2.16. The van der Waals surface area contributed by atoms with Crippen molar-refractivity contribution in [3.63, 3.8) is 0 Å². The van der Waals surface area contributed by atoms with Crippen LogP contribution in [0.2, 0.25) is 0 Å². The third kappa shape index (κ3) is 3.28. The molecule has 2 aromatic heterocycles. The Labute approximate surface area is 148 Å². The van der Waals surface area contributed by atoms with Crippen LogP contribution in [0, 0.1) is 6.92 Å². The summed E-state index contributed by atoms with van der Waals surface area (Å²) in [7, 11) is 5.49. The van der Waals surface area contributed by atoms with Crippen molar-refractivity contribution in [1.82, 2.24) is 29.3 Å². The molecule has 1 aliphatic heterocycles. The number of nitrogens with zero attached hydrogens (tertiary/aromatic N) is 6. The monoisotopic (exact) mass is 342 g/mol. The van der Waals surface area contributed by atoms with E-state index in [1.54, 1.807) is 25.1 Å². The second-order valence-electron chi connectivity index (χ2n) is 7.21. The molecule has 1 amide bonds. The van der Waals surface area contributed by atoms with Gasteiger partial charge in [-0.05, 0) is 39.3 Å². The van der Waals surface area contributed by atoms with Crippen molar-refractivity contribution in [2.24, 2.45) is 7.05 Å². The molecule has 134 valence electrons. The minimum atomic E-state index is -0.280. The lowest BCUT2D eigenvalue weighted by Crippen LogP contribution is -2.40. The Morgan fingerprint density at radius 1 is 1.36 bits per heavy atom. The largest absolute Gasteiger partial charge is 0.343 e. The van der Waals surface area contributed by atoms with E-state index in [1.165, 1.54) is 0 Å². The second-order valence-corrected chi connectivity index (χ2v) is 7.21. The first-order valence-corrected chi connectivity index (χ1v) is 8.59. The van der Waals surface area contributed by atoms with E-state index in [2.05, 4.69) is 26.8 Å². The summed E-state index contributed by atoms with van der Waals surface area (Å²) in [6, 6.07) is 1.76. The van der Waals surface area contributed by atoms with Crippen molar-refractivity contribution in [3.05, 3.63) is 41.5 Å². The Bertz CT molecular complexity index is 784. The number of hydrogen-bond acceptors (Lipinski definition) is 5. The molecule has 0 bridgehead atoms. The summed E-state index contributed by atoms with van der Waals surface area (Å²) >= 11 is 0. The van der Waals surface area contributed by atoms with Crippen molar-refractivity contribution in [2.75, 3.05) is 20.6 Å². The van der Waals surface area contributed by atoms with Crippen molar-refractivity contribution in [1.29, 1.82) is 0 Å². The Hall–Kier alpha value is -2.28. The number of hydrogen-bond donors (Lipinski definition) is 0. The molecule has 0 N–H and O–H groups in total. The first-order valence-electron chi connectivity index (χ1n) is 8.59. The molecule has 0 spiro atoms. The Balaban J connectivity index is 1.95. The Morgan fingerprint density at radius 3 is 2.76 bits per heavy atom. The number of carbonyl (C=O) groups excluding carboxylic acids is 1. The molecule has 0 aliphatic carbocycles. The van der Waals surface area contributed by atoms with Gasteiger partial charge < -0.3 is 9.47 Å². The molecule has 0 saturated carbocycles. The zero-order valence-corrected chi connectivity index (χ0v) is 15.7. The molecule has 3 heterocycles. The molecule has 0 radical (unpaired) electrons. The first kappa shape index (κ1) is 17.5. The molecular formula is C18H26N6O. The average molecular weight is 342 g/mol. The van der Waals surface area contributed by atoms with Crippen molar-refractivity contribution in [3.8, 4) is 0 Å².